The predicted molar refractivity (Wildman–Crippen MR) is 81.0 cm³/mol. The molecule has 1 aromatic carbocycles. The lowest BCUT2D eigenvalue weighted by molar-refractivity contribution is 0.636. The number of anilines is 1. The van der Waals surface area contributed by atoms with Gasteiger partial charge in [0.2, 0.25) is 0 Å². The minimum absolute atomic E-state index is 0.0986. The molecule has 0 unspecified atom stereocenters. The van der Waals surface area contributed by atoms with Gasteiger partial charge in [-0.2, -0.15) is 5.10 Å². The smallest absolute Gasteiger partial charge is 0.269 e. The zero-order valence-corrected chi connectivity index (χ0v) is 12.1. The summed E-state index contributed by atoms with van der Waals surface area (Å²) in [6.45, 7) is 3.02. The van der Waals surface area contributed by atoms with Crippen LogP contribution in [0.15, 0.2) is 35.3 Å². The van der Waals surface area contributed by atoms with Gasteiger partial charge in [-0.05, 0) is 23.6 Å². The number of hydrogen-bond donors (Lipinski definition) is 1. The third kappa shape index (κ3) is 3.05. The number of nitrogens with two attached hydrogens (primary N) is 1. The summed E-state index contributed by atoms with van der Waals surface area (Å²) >= 11 is 0. The van der Waals surface area contributed by atoms with Crippen molar-refractivity contribution >= 4 is 5.69 Å². The molecule has 5 nitrogen and oxygen atoms in total. The first-order valence-electron chi connectivity index (χ1n) is 6.54. The van der Waals surface area contributed by atoms with Gasteiger partial charge in [0, 0.05) is 26.7 Å². The molecule has 0 spiro atoms. The molecule has 0 saturated carbocycles. The van der Waals surface area contributed by atoms with Crippen molar-refractivity contribution in [3.8, 4) is 0 Å². The average molecular weight is 272 g/mol. The highest BCUT2D eigenvalue weighted by atomic mass is 16.1. The molecule has 0 saturated heterocycles. The first-order chi connectivity index (χ1) is 9.51. The Hall–Kier alpha value is -2.14. The van der Waals surface area contributed by atoms with Crippen LogP contribution in [0, 0.1) is 6.92 Å². The molecule has 0 aliphatic rings. The molecule has 2 aromatic rings. The van der Waals surface area contributed by atoms with E-state index in [-0.39, 0.29) is 5.56 Å². The van der Waals surface area contributed by atoms with Crippen molar-refractivity contribution in [2.24, 2.45) is 5.73 Å². The van der Waals surface area contributed by atoms with E-state index in [1.165, 1.54) is 4.68 Å². The van der Waals surface area contributed by atoms with E-state index < -0.39 is 0 Å². The van der Waals surface area contributed by atoms with Crippen molar-refractivity contribution < 1.29 is 0 Å². The Morgan fingerprint density at radius 3 is 2.60 bits per heavy atom. The third-order valence-corrected chi connectivity index (χ3v) is 3.33. The average Bonchev–Trinajstić information content (AvgIpc) is 2.42. The molecule has 1 aromatic heterocycles. The molecule has 106 valence electrons. The molecule has 0 aliphatic carbocycles. The molecule has 0 radical (unpaired) electrons. The van der Waals surface area contributed by atoms with Crippen LogP contribution in [0.2, 0.25) is 0 Å². The summed E-state index contributed by atoms with van der Waals surface area (Å²) in [4.78, 5) is 13.9. The number of aryl methyl sites for hydroxylation is 1. The Balaban J connectivity index is 2.28. The Morgan fingerprint density at radius 1 is 1.30 bits per heavy atom. The largest absolute Gasteiger partial charge is 0.376 e. The fourth-order valence-corrected chi connectivity index (χ4v) is 2.01. The molecule has 1 heterocycles. The number of hydrogen-bond acceptors (Lipinski definition) is 4. The van der Waals surface area contributed by atoms with E-state index >= 15 is 0 Å². The summed E-state index contributed by atoms with van der Waals surface area (Å²) < 4.78 is 1.47. The van der Waals surface area contributed by atoms with Gasteiger partial charge in [-0.3, -0.25) is 4.79 Å². The topological polar surface area (TPSA) is 64.2 Å². The van der Waals surface area contributed by atoms with Crippen LogP contribution in [0.25, 0.3) is 0 Å². The molecule has 0 fully saturated rings. The summed E-state index contributed by atoms with van der Waals surface area (Å²) in [6, 6.07) is 7.64. The zero-order chi connectivity index (χ0) is 14.7. The molecule has 0 bridgehead atoms. The van der Waals surface area contributed by atoms with Crippen molar-refractivity contribution in [1.82, 2.24) is 9.78 Å². The molecule has 0 atom stereocenters. The maximum absolute atomic E-state index is 12.0. The fourth-order valence-electron chi connectivity index (χ4n) is 2.01. The molecular formula is C15H20N4O. The lowest BCUT2D eigenvalue weighted by Gasteiger charge is -2.13. The van der Waals surface area contributed by atoms with E-state index in [1.807, 2.05) is 38.1 Å². The molecule has 2 rings (SSSR count). The monoisotopic (exact) mass is 272 g/mol. The van der Waals surface area contributed by atoms with Gasteiger partial charge in [0.1, 0.15) is 0 Å². The Kier molecular flexibility index (Phi) is 4.20. The minimum Gasteiger partial charge on any atom is -0.376 e. The van der Waals surface area contributed by atoms with Crippen molar-refractivity contribution in [2.45, 2.75) is 20.0 Å². The highest BCUT2D eigenvalue weighted by molar-refractivity contribution is 5.40. The standard InChI is InChI=1S/C15H20N4O/c1-11-6-12(8-16)4-5-13(11)10-19-15(20)7-14(9-17-19)18(2)3/h4-7,9H,8,10,16H2,1-3H3. The van der Waals surface area contributed by atoms with E-state index in [4.69, 9.17) is 5.73 Å². The van der Waals surface area contributed by atoms with Gasteiger partial charge in [0.05, 0.1) is 18.4 Å². The van der Waals surface area contributed by atoms with E-state index in [0.29, 0.717) is 13.1 Å². The SMILES string of the molecule is Cc1cc(CN)ccc1Cn1ncc(N(C)C)cc1=O. The molecule has 2 N–H and O–H groups in total. The van der Waals surface area contributed by atoms with Crippen LogP contribution in [0.1, 0.15) is 16.7 Å². The first kappa shape index (κ1) is 14.3. The molecule has 0 aliphatic heterocycles. The highest BCUT2D eigenvalue weighted by Gasteiger charge is 2.05. The van der Waals surface area contributed by atoms with Crippen LogP contribution in [-0.2, 0) is 13.1 Å². The normalized spacial score (nSPS) is 10.6. The van der Waals surface area contributed by atoms with Crippen LogP contribution < -0.4 is 16.2 Å². The molecule has 0 amide bonds. The minimum atomic E-state index is -0.0986. The lowest BCUT2D eigenvalue weighted by Crippen LogP contribution is -2.25. The van der Waals surface area contributed by atoms with Crippen LogP contribution in [0.3, 0.4) is 0 Å². The second kappa shape index (κ2) is 5.88. The third-order valence-electron chi connectivity index (χ3n) is 3.33. The molecule has 5 heteroatoms. The van der Waals surface area contributed by atoms with E-state index in [0.717, 1.165) is 22.4 Å². The van der Waals surface area contributed by atoms with Gasteiger partial charge in [0.25, 0.3) is 5.56 Å². The fraction of sp³-hybridized carbons (Fsp3) is 0.333. The van der Waals surface area contributed by atoms with Crippen LogP contribution in [0.5, 0.6) is 0 Å². The first-order valence-corrected chi connectivity index (χ1v) is 6.54. The Morgan fingerprint density at radius 2 is 2.05 bits per heavy atom. The molecular weight excluding hydrogens is 252 g/mol. The maximum Gasteiger partial charge on any atom is 0.269 e. The van der Waals surface area contributed by atoms with Gasteiger partial charge in [-0.1, -0.05) is 18.2 Å². The van der Waals surface area contributed by atoms with Crippen molar-refractivity contribution in [3.05, 3.63) is 57.5 Å². The second-order valence-electron chi connectivity index (χ2n) is 5.07. The van der Waals surface area contributed by atoms with E-state index in [9.17, 15) is 4.79 Å². The Labute approximate surface area is 118 Å². The van der Waals surface area contributed by atoms with Crippen molar-refractivity contribution in [3.63, 3.8) is 0 Å². The zero-order valence-electron chi connectivity index (χ0n) is 12.1. The van der Waals surface area contributed by atoms with Gasteiger partial charge in [-0.15, -0.1) is 0 Å². The summed E-state index contributed by atoms with van der Waals surface area (Å²) in [6.07, 6.45) is 1.70. The highest BCUT2D eigenvalue weighted by Crippen LogP contribution is 2.12. The van der Waals surface area contributed by atoms with Gasteiger partial charge in [-0.25, -0.2) is 4.68 Å². The van der Waals surface area contributed by atoms with E-state index in [1.54, 1.807) is 12.3 Å². The quantitative estimate of drug-likeness (QED) is 0.906. The summed E-state index contributed by atoms with van der Waals surface area (Å²) in [5.41, 5.74) is 9.62. The van der Waals surface area contributed by atoms with Crippen LogP contribution >= 0.6 is 0 Å². The second-order valence-corrected chi connectivity index (χ2v) is 5.07. The molecule has 20 heavy (non-hydrogen) atoms. The number of rotatable bonds is 4. The van der Waals surface area contributed by atoms with Gasteiger partial charge < -0.3 is 10.6 Å². The van der Waals surface area contributed by atoms with Crippen LogP contribution in [0.4, 0.5) is 5.69 Å². The van der Waals surface area contributed by atoms with Crippen molar-refractivity contribution in [2.75, 3.05) is 19.0 Å². The predicted octanol–water partition coefficient (Wildman–Crippen LogP) is 1.12. The maximum atomic E-state index is 12.0. The van der Waals surface area contributed by atoms with E-state index in [2.05, 4.69) is 11.2 Å². The van der Waals surface area contributed by atoms with Crippen LogP contribution in [-0.4, -0.2) is 23.9 Å². The summed E-state index contributed by atoms with van der Waals surface area (Å²) in [7, 11) is 3.77. The van der Waals surface area contributed by atoms with Crippen molar-refractivity contribution in [1.29, 1.82) is 0 Å². The Bertz CT molecular complexity index is 661. The number of aromatic nitrogens is 2. The van der Waals surface area contributed by atoms with Gasteiger partial charge >= 0.3 is 0 Å². The summed E-state index contributed by atoms with van der Waals surface area (Å²) in [5, 5.41) is 4.22. The number of benzene rings is 1. The summed E-state index contributed by atoms with van der Waals surface area (Å²) in [5.74, 6) is 0. The lowest BCUT2D eigenvalue weighted by atomic mass is 10.1. The number of nitrogens with zero attached hydrogens (tertiary/aromatic N) is 3. The van der Waals surface area contributed by atoms with Gasteiger partial charge in [0.15, 0.2) is 0 Å².